The molecule has 0 bridgehead atoms. The molecule has 0 atom stereocenters. The summed E-state index contributed by atoms with van der Waals surface area (Å²) >= 11 is 0. The minimum atomic E-state index is -0.209. The number of nitrogens with one attached hydrogen (secondary N) is 8. The first-order valence-electron chi connectivity index (χ1n) is 15.6. The third-order valence-corrected chi connectivity index (χ3v) is 5.96. The number of hydrogen-bond donors (Lipinski definition) is 8. The zero-order chi connectivity index (χ0) is 32.3. The van der Waals surface area contributed by atoms with Gasteiger partial charge in [0.15, 0.2) is 0 Å². The summed E-state index contributed by atoms with van der Waals surface area (Å²) in [5.41, 5.74) is 0. The van der Waals surface area contributed by atoms with Crippen molar-refractivity contribution >= 4 is 35.4 Å². The Morgan fingerprint density at radius 3 is 0.721 bits per heavy atom. The van der Waals surface area contributed by atoms with Gasteiger partial charge in [-0.2, -0.15) is 0 Å². The SMILES string of the molecule is CC(C)NCCNC(=O)CCCC(=O)NCCNC(=O)CCCC(=O)NCCNC(=O)CCCC(=O)NCCNC(C)C. The minimum absolute atomic E-state index is 0.0819. The Morgan fingerprint density at radius 1 is 0.349 bits per heavy atom. The highest BCUT2D eigenvalue weighted by Crippen LogP contribution is 1.97. The molecule has 0 radical (unpaired) electrons. The van der Waals surface area contributed by atoms with E-state index < -0.39 is 0 Å². The summed E-state index contributed by atoms with van der Waals surface area (Å²) in [7, 11) is 0. The summed E-state index contributed by atoms with van der Waals surface area (Å²) in [5, 5.41) is 22.8. The number of carbonyl (C=O) groups is 6. The van der Waals surface area contributed by atoms with Crippen LogP contribution in [0, 0.1) is 0 Å². The van der Waals surface area contributed by atoms with E-state index >= 15 is 0 Å². The van der Waals surface area contributed by atoms with Gasteiger partial charge in [-0.05, 0) is 19.3 Å². The van der Waals surface area contributed by atoms with E-state index in [-0.39, 0.29) is 100 Å². The molecule has 248 valence electrons. The first-order valence-corrected chi connectivity index (χ1v) is 15.6. The molecule has 0 aromatic rings. The van der Waals surface area contributed by atoms with E-state index in [1.807, 2.05) is 27.7 Å². The normalized spacial score (nSPS) is 10.7. The topological polar surface area (TPSA) is 199 Å². The monoisotopic (exact) mass is 612 g/mol. The summed E-state index contributed by atoms with van der Waals surface area (Å²) in [5.74, 6) is -0.935. The van der Waals surface area contributed by atoms with E-state index in [0.717, 1.165) is 0 Å². The fourth-order valence-electron chi connectivity index (χ4n) is 3.69. The average Bonchev–Trinajstić information content (AvgIpc) is 2.93. The maximum absolute atomic E-state index is 11.9. The van der Waals surface area contributed by atoms with E-state index in [2.05, 4.69) is 42.5 Å². The van der Waals surface area contributed by atoms with Crippen molar-refractivity contribution in [1.82, 2.24) is 42.5 Å². The van der Waals surface area contributed by atoms with Crippen LogP contribution in [0.1, 0.15) is 85.5 Å². The van der Waals surface area contributed by atoms with Gasteiger partial charge in [0.2, 0.25) is 35.4 Å². The number of amides is 6. The molecule has 0 saturated carbocycles. The number of hydrogen-bond acceptors (Lipinski definition) is 8. The van der Waals surface area contributed by atoms with Crippen molar-refractivity contribution in [3.63, 3.8) is 0 Å². The molecule has 0 unspecified atom stereocenters. The van der Waals surface area contributed by atoms with Gasteiger partial charge < -0.3 is 42.5 Å². The second kappa shape index (κ2) is 26.4. The summed E-state index contributed by atoms with van der Waals surface area (Å²) in [6.07, 6.45) is 2.69. The lowest BCUT2D eigenvalue weighted by molar-refractivity contribution is -0.124. The first-order chi connectivity index (χ1) is 20.5. The van der Waals surface area contributed by atoms with E-state index in [0.29, 0.717) is 57.5 Å². The highest BCUT2D eigenvalue weighted by atomic mass is 16.2. The second-order valence-electron chi connectivity index (χ2n) is 10.9. The molecule has 14 nitrogen and oxygen atoms in total. The lowest BCUT2D eigenvalue weighted by Gasteiger charge is -2.10. The standard InChI is InChI=1S/C29H56N8O6/c1-22(2)30-14-16-32-24(38)8-5-10-26(40)34-18-20-36-28(42)12-7-13-29(43)37-21-19-35-27(41)11-6-9-25(39)33-17-15-31-23(3)4/h22-23,30-31H,5-21H2,1-4H3,(H,32,38)(H,33,39)(H,34,40)(H,35,41)(H,36,42)(H,37,43). The van der Waals surface area contributed by atoms with Gasteiger partial charge in [-0.1, -0.05) is 27.7 Å². The van der Waals surface area contributed by atoms with Crippen molar-refractivity contribution in [3.05, 3.63) is 0 Å². The maximum atomic E-state index is 11.9. The first kappa shape index (κ1) is 39.7. The molecular weight excluding hydrogens is 556 g/mol. The van der Waals surface area contributed by atoms with Crippen LogP contribution in [-0.2, 0) is 28.8 Å². The van der Waals surface area contributed by atoms with Crippen LogP contribution in [0.15, 0.2) is 0 Å². The number of carbonyl (C=O) groups excluding carboxylic acids is 6. The smallest absolute Gasteiger partial charge is 0.220 e. The minimum Gasteiger partial charge on any atom is -0.355 e. The Balaban J connectivity index is 3.64. The zero-order valence-electron chi connectivity index (χ0n) is 26.6. The van der Waals surface area contributed by atoms with Gasteiger partial charge in [-0.25, -0.2) is 0 Å². The van der Waals surface area contributed by atoms with Crippen LogP contribution in [0.2, 0.25) is 0 Å². The third kappa shape index (κ3) is 28.6. The predicted molar refractivity (Wildman–Crippen MR) is 166 cm³/mol. The van der Waals surface area contributed by atoms with Crippen molar-refractivity contribution < 1.29 is 28.8 Å². The summed E-state index contributed by atoms with van der Waals surface area (Å²) < 4.78 is 0. The van der Waals surface area contributed by atoms with Gasteiger partial charge in [0.1, 0.15) is 0 Å². The predicted octanol–water partition coefficient (Wildman–Crippen LogP) is -0.809. The lowest BCUT2D eigenvalue weighted by atomic mass is 10.2. The lowest BCUT2D eigenvalue weighted by Crippen LogP contribution is -2.36. The molecule has 0 rings (SSSR count). The van der Waals surface area contributed by atoms with E-state index in [9.17, 15) is 28.8 Å². The van der Waals surface area contributed by atoms with Crippen molar-refractivity contribution in [1.29, 1.82) is 0 Å². The fraction of sp³-hybridized carbons (Fsp3) is 0.793. The van der Waals surface area contributed by atoms with E-state index in [1.54, 1.807) is 0 Å². The van der Waals surface area contributed by atoms with Crippen LogP contribution in [0.3, 0.4) is 0 Å². The van der Waals surface area contributed by atoms with Gasteiger partial charge in [0.05, 0.1) is 0 Å². The average molecular weight is 613 g/mol. The molecular formula is C29H56N8O6. The van der Waals surface area contributed by atoms with Gasteiger partial charge >= 0.3 is 0 Å². The number of rotatable bonds is 26. The Kier molecular flexibility index (Phi) is 24.4. The van der Waals surface area contributed by atoms with E-state index in [4.69, 9.17) is 0 Å². The third-order valence-electron chi connectivity index (χ3n) is 5.96. The molecule has 8 N–H and O–H groups in total. The van der Waals surface area contributed by atoms with Crippen LogP contribution in [0.25, 0.3) is 0 Å². The van der Waals surface area contributed by atoms with Crippen LogP contribution in [-0.4, -0.2) is 99.9 Å². The molecule has 6 amide bonds. The van der Waals surface area contributed by atoms with E-state index in [1.165, 1.54) is 0 Å². The Hall–Kier alpha value is -3.26. The van der Waals surface area contributed by atoms with Crippen LogP contribution in [0.4, 0.5) is 0 Å². The molecule has 0 aliphatic carbocycles. The van der Waals surface area contributed by atoms with Crippen LogP contribution >= 0.6 is 0 Å². The molecule has 0 aromatic heterocycles. The second-order valence-corrected chi connectivity index (χ2v) is 10.9. The van der Waals surface area contributed by atoms with Gasteiger partial charge in [-0.3, -0.25) is 28.8 Å². The van der Waals surface area contributed by atoms with Gasteiger partial charge in [0.25, 0.3) is 0 Å². The Bertz CT molecular complexity index is 772. The molecule has 0 saturated heterocycles. The zero-order valence-corrected chi connectivity index (χ0v) is 26.6. The fourth-order valence-corrected chi connectivity index (χ4v) is 3.69. The molecule has 0 aliphatic heterocycles. The molecule has 0 aromatic carbocycles. The van der Waals surface area contributed by atoms with Crippen molar-refractivity contribution in [2.75, 3.05) is 52.4 Å². The Labute approximate surface area is 256 Å². The summed E-state index contributed by atoms with van der Waals surface area (Å²) in [6.45, 7) is 11.8. The summed E-state index contributed by atoms with van der Waals surface area (Å²) in [4.78, 5) is 71.1. The highest BCUT2D eigenvalue weighted by Gasteiger charge is 2.08. The van der Waals surface area contributed by atoms with Gasteiger partial charge in [-0.15, -0.1) is 0 Å². The van der Waals surface area contributed by atoms with Crippen molar-refractivity contribution in [2.24, 2.45) is 0 Å². The van der Waals surface area contributed by atoms with Gasteiger partial charge in [0, 0.05) is 103 Å². The maximum Gasteiger partial charge on any atom is 0.220 e. The Morgan fingerprint density at radius 2 is 0.535 bits per heavy atom. The summed E-state index contributed by atoms with van der Waals surface area (Å²) in [6, 6.07) is 0.728. The van der Waals surface area contributed by atoms with Crippen LogP contribution in [0.5, 0.6) is 0 Å². The largest absolute Gasteiger partial charge is 0.355 e. The molecule has 0 spiro atoms. The molecule has 0 aliphatic rings. The van der Waals surface area contributed by atoms with Crippen LogP contribution < -0.4 is 42.5 Å². The quantitative estimate of drug-likeness (QED) is 0.0580. The van der Waals surface area contributed by atoms with Crippen molar-refractivity contribution in [2.45, 2.75) is 97.6 Å². The molecule has 14 heteroatoms. The molecule has 0 fully saturated rings. The molecule has 43 heavy (non-hydrogen) atoms. The highest BCUT2D eigenvalue weighted by molar-refractivity contribution is 5.80. The molecule has 0 heterocycles. The van der Waals surface area contributed by atoms with Crippen molar-refractivity contribution in [3.8, 4) is 0 Å².